The van der Waals surface area contributed by atoms with E-state index in [1.54, 1.807) is 6.07 Å². The maximum atomic E-state index is 13.2. The van der Waals surface area contributed by atoms with Gasteiger partial charge in [0.1, 0.15) is 5.82 Å². The third-order valence-corrected chi connectivity index (χ3v) is 6.22. The minimum Gasteiger partial charge on any atom is -0.207 e. The topological polar surface area (TPSA) is 0 Å². The monoisotopic (exact) mass is 216 g/mol. The number of hydrogen-bond donors (Lipinski definition) is 0. The summed E-state index contributed by atoms with van der Waals surface area (Å²) in [6, 6.07) is 7.76. The molecular weight excluding hydrogens is 203 g/mol. The van der Waals surface area contributed by atoms with Gasteiger partial charge < -0.3 is 0 Å². The molecule has 0 aliphatic carbocycles. The Morgan fingerprint density at radius 1 is 1.31 bits per heavy atom. The van der Waals surface area contributed by atoms with Crippen LogP contribution in [0.1, 0.15) is 5.56 Å². The van der Waals surface area contributed by atoms with Crippen LogP contribution >= 0.6 is 11.6 Å². The Labute approximate surface area is 84.7 Å². The van der Waals surface area contributed by atoms with Gasteiger partial charge in [0.05, 0.1) is 8.07 Å². The Balaban J connectivity index is 2.80. The summed E-state index contributed by atoms with van der Waals surface area (Å²) in [7, 11) is -1.42. The summed E-state index contributed by atoms with van der Waals surface area (Å²) in [6.07, 6.45) is 0. The molecule has 0 radical (unpaired) electrons. The zero-order valence-electron chi connectivity index (χ0n) is 7.98. The van der Waals surface area contributed by atoms with E-state index in [1.165, 1.54) is 6.07 Å². The lowest BCUT2D eigenvalue weighted by molar-refractivity contribution is 0.616. The van der Waals surface area contributed by atoms with Crippen LogP contribution in [0.2, 0.25) is 13.1 Å². The Hall–Kier alpha value is -0.343. The van der Waals surface area contributed by atoms with E-state index in [9.17, 15) is 4.39 Å². The lowest BCUT2D eigenvalue weighted by Gasteiger charge is -2.18. The average molecular weight is 217 g/mol. The first-order valence-electron chi connectivity index (χ1n) is 4.34. The molecule has 0 aliphatic rings. The lowest BCUT2D eigenvalue weighted by Crippen LogP contribution is -2.32. The molecule has 0 fully saturated rings. The second kappa shape index (κ2) is 4.25. The zero-order valence-corrected chi connectivity index (χ0v) is 9.74. The molecule has 0 unspecified atom stereocenters. The fraction of sp³-hybridized carbons (Fsp3) is 0.400. The molecule has 0 nitrogen and oxygen atoms in total. The van der Waals surface area contributed by atoms with Crippen LogP contribution in [0.5, 0.6) is 0 Å². The van der Waals surface area contributed by atoms with Crippen LogP contribution in [0.4, 0.5) is 4.39 Å². The first-order chi connectivity index (χ1) is 6.05. The van der Waals surface area contributed by atoms with E-state index in [1.807, 2.05) is 12.1 Å². The summed E-state index contributed by atoms with van der Waals surface area (Å²) in [5, 5.41) is 0. The number of alkyl halides is 1. The summed E-state index contributed by atoms with van der Waals surface area (Å²) >= 11 is 5.83. The summed E-state index contributed by atoms with van der Waals surface area (Å²) in [5.74, 6) is -0.104. The molecule has 1 aromatic carbocycles. The quantitative estimate of drug-likeness (QED) is 0.537. The molecule has 0 saturated heterocycles. The highest BCUT2D eigenvalue weighted by Crippen LogP contribution is 2.15. The molecule has 0 aliphatic heterocycles. The van der Waals surface area contributed by atoms with Crippen molar-refractivity contribution < 1.29 is 4.39 Å². The predicted molar refractivity (Wildman–Crippen MR) is 58.3 cm³/mol. The minimum absolute atomic E-state index is 0.104. The van der Waals surface area contributed by atoms with Gasteiger partial charge in [0, 0.05) is 5.50 Å². The molecule has 0 aromatic heterocycles. The van der Waals surface area contributed by atoms with Gasteiger partial charge in [0.25, 0.3) is 0 Å². The van der Waals surface area contributed by atoms with Crippen molar-refractivity contribution in [2.75, 3.05) is 5.50 Å². The van der Waals surface area contributed by atoms with Crippen molar-refractivity contribution >= 4 is 19.7 Å². The summed E-state index contributed by atoms with van der Waals surface area (Å²) in [4.78, 5) is 0. The Morgan fingerprint density at radius 3 is 2.46 bits per heavy atom. The number of benzene rings is 1. The molecule has 0 amide bonds. The molecule has 1 rings (SSSR count). The van der Waals surface area contributed by atoms with Crippen LogP contribution in [-0.4, -0.2) is 13.6 Å². The first-order valence-corrected chi connectivity index (χ1v) is 8.29. The lowest BCUT2D eigenvalue weighted by atomic mass is 10.2. The molecule has 0 atom stereocenters. The van der Waals surface area contributed by atoms with Gasteiger partial charge in [-0.2, -0.15) is 0 Å². The third-order valence-electron chi connectivity index (χ3n) is 1.99. The second-order valence-corrected chi connectivity index (χ2v) is 9.82. The van der Waals surface area contributed by atoms with Gasteiger partial charge >= 0.3 is 0 Å². The summed E-state index contributed by atoms with van der Waals surface area (Å²) in [6.45, 7) is 4.35. The standard InChI is InChI=1S/C10H14ClFSi/c1-13(2,8-11)7-9-5-3-4-6-10(9)12/h3-6H,7-8H2,1-2H3. The highest BCUT2D eigenvalue weighted by atomic mass is 35.5. The second-order valence-electron chi connectivity index (χ2n) is 4.07. The maximum absolute atomic E-state index is 13.2. The third kappa shape index (κ3) is 3.12. The molecule has 0 N–H and O–H groups in total. The van der Waals surface area contributed by atoms with Gasteiger partial charge in [0.2, 0.25) is 0 Å². The molecule has 72 valence electrons. The van der Waals surface area contributed by atoms with Crippen molar-refractivity contribution in [2.24, 2.45) is 0 Å². The van der Waals surface area contributed by atoms with Gasteiger partial charge in [-0.05, 0) is 17.7 Å². The molecule has 1 aromatic rings. The zero-order chi connectivity index (χ0) is 9.90. The van der Waals surface area contributed by atoms with Gasteiger partial charge in [-0.15, -0.1) is 11.6 Å². The Kier molecular flexibility index (Phi) is 3.51. The number of hydrogen-bond acceptors (Lipinski definition) is 0. The van der Waals surface area contributed by atoms with Crippen LogP contribution in [0.25, 0.3) is 0 Å². The van der Waals surface area contributed by atoms with E-state index in [-0.39, 0.29) is 5.82 Å². The fourth-order valence-corrected chi connectivity index (χ4v) is 2.90. The van der Waals surface area contributed by atoms with Crippen LogP contribution < -0.4 is 0 Å². The van der Waals surface area contributed by atoms with Gasteiger partial charge in [-0.1, -0.05) is 31.3 Å². The molecule has 0 saturated carbocycles. The molecular formula is C10H14ClFSi. The highest BCUT2D eigenvalue weighted by Gasteiger charge is 2.21. The van der Waals surface area contributed by atoms with Crippen LogP contribution in [-0.2, 0) is 6.04 Å². The Morgan fingerprint density at radius 2 is 1.92 bits per heavy atom. The Bertz CT molecular complexity index is 286. The van der Waals surface area contributed by atoms with Crippen molar-refractivity contribution in [3.8, 4) is 0 Å². The van der Waals surface area contributed by atoms with Gasteiger partial charge in [0.15, 0.2) is 0 Å². The molecule has 0 spiro atoms. The fourth-order valence-electron chi connectivity index (χ4n) is 1.20. The van der Waals surface area contributed by atoms with Crippen LogP contribution in [0.15, 0.2) is 24.3 Å². The number of halogens is 2. The molecule has 0 bridgehead atoms. The SMILES string of the molecule is C[Si](C)(CCl)Cc1ccccc1F. The summed E-state index contributed by atoms with van der Waals surface area (Å²) < 4.78 is 13.2. The van der Waals surface area contributed by atoms with E-state index in [0.29, 0.717) is 5.50 Å². The summed E-state index contributed by atoms with van der Waals surface area (Å²) in [5.41, 5.74) is 1.49. The van der Waals surface area contributed by atoms with E-state index in [2.05, 4.69) is 13.1 Å². The van der Waals surface area contributed by atoms with E-state index in [4.69, 9.17) is 11.6 Å². The van der Waals surface area contributed by atoms with Crippen molar-refractivity contribution in [3.05, 3.63) is 35.6 Å². The predicted octanol–water partition coefficient (Wildman–Crippen LogP) is 3.39. The van der Waals surface area contributed by atoms with Crippen LogP contribution in [0.3, 0.4) is 0 Å². The number of rotatable bonds is 3. The highest BCUT2D eigenvalue weighted by molar-refractivity contribution is 6.82. The van der Waals surface area contributed by atoms with E-state index >= 15 is 0 Å². The van der Waals surface area contributed by atoms with E-state index < -0.39 is 8.07 Å². The molecule has 0 heterocycles. The smallest absolute Gasteiger partial charge is 0.126 e. The van der Waals surface area contributed by atoms with Gasteiger partial charge in [-0.25, -0.2) is 4.39 Å². The molecule has 3 heteroatoms. The van der Waals surface area contributed by atoms with E-state index in [0.717, 1.165) is 11.6 Å². The maximum Gasteiger partial charge on any atom is 0.126 e. The largest absolute Gasteiger partial charge is 0.207 e. The average Bonchev–Trinajstić information content (AvgIpc) is 2.09. The van der Waals surface area contributed by atoms with Crippen LogP contribution in [0, 0.1) is 5.82 Å². The van der Waals surface area contributed by atoms with Crippen molar-refractivity contribution in [3.63, 3.8) is 0 Å². The van der Waals surface area contributed by atoms with Crippen molar-refractivity contribution in [2.45, 2.75) is 19.1 Å². The molecule has 13 heavy (non-hydrogen) atoms. The first kappa shape index (κ1) is 10.7. The normalized spacial score (nSPS) is 11.7. The van der Waals surface area contributed by atoms with Crippen molar-refractivity contribution in [1.29, 1.82) is 0 Å². The van der Waals surface area contributed by atoms with Gasteiger partial charge in [-0.3, -0.25) is 0 Å². The minimum atomic E-state index is -1.42. The van der Waals surface area contributed by atoms with Crippen molar-refractivity contribution in [1.82, 2.24) is 0 Å².